The molecular formula is C16H16ClNO2S. The second-order valence-corrected chi connectivity index (χ2v) is 5.93. The van der Waals surface area contributed by atoms with Gasteiger partial charge in [-0.05, 0) is 37.6 Å². The van der Waals surface area contributed by atoms with E-state index >= 15 is 0 Å². The van der Waals surface area contributed by atoms with Gasteiger partial charge in [0.2, 0.25) is 0 Å². The number of esters is 1. The van der Waals surface area contributed by atoms with Gasteiger partial charge in [-0.2, -0.15) is 0 Å². The first-order valence-electron chi connectivity index (χ1n) is 6.52. The van der Waals surface area contributed by atoms with Crippen LogP contribution in [0.3, 0.4) is 0 Å². The maximum atomic E-state index is 12.1. The lowest BCUT2D eigenvalue weighted by atomic mass is 10.2. The van der Waals surface area contributed by atoms with Crippen LogP contribution in [-0.4, -0.2) is 12.6 Å². The van der Waals surface area contributed by atoms with Crippen molar-refractivity contribution in [3.05, 3.63) is 52.5 Å². The Bertz CT molecular complexity index is 673. The van der Waals surface area contributed by atoms with Crippen molar-refractivity contribution in [2.24, 2.45) is 0 Å². The van der Waals surface area contributed by atoms with E-state index in [2.05, 4.69) is 0 Å². The summed E-state index contributed by atoms with van der Waals surface area (Å²) in [7, 11) is 0. The van der Waals surface area contributed by atoms with Crippen molar-refractivity contribution in [2.45, 2.75) is 23.6 Å². The predicted molar refractivity (Wildman–Crippen MR) is 87.1 cm³/mol. The number of halogens is 1. The molecule has 3 nitrogen and oxygen atoms in total. The van der Waals surface area contributed by atoms with Crippen molar-refractivity contribution in [1.29, 1.82) is 0 Å². The van der Waals surface area contributed by atoms with Crippen molar-refractivity contribution < 1.29 is 9.53 Å². The van der Waals surface area contributed by atoms with Gasteiger partial charge in [-0.1, -0.05) is 41.6 Å². The van der Waals surface area contributed by atoms with Crippen molar-refractivity contribution in [2.75, 3.05) is 12.3 Å². The number of ether oxygens (including phenoxy) is 1. The third-order valence-corrected chi connectivity index (χ3v) is 4.60. The summed E-state index contributed by atoms with van der Waals surface area (Å²) in [5, 5.41) is 0.450. The summed E-state index contributed by atoms with van der Waals surface area (Å²) in [6.45, 7) is 4.08. The quantitative estimate of drug-likeness (QED) is 0.662. The summed E-state index contributed by atoms with van der Waals surface area (Å²) in [5.41, 5.74) is 7.74. The third-order valence-electron chi connectivity index (χ3n) is 2.87. The van der Waals surface area contributed by atoms with Crippen molar-refractivity contribution in [3.8, 4) is 0 Å². The number of rotatable bonds is 4. The van der Waals surface area contributed by atoms with Gasteiger partial charge in [0.1, 0.15) is 0 Å². The maximum absolute atomic E-state index is 12.1. The molecule has 0 aliphatic carbocycles. The molecule has 0 aliphatic rings. The molecule has 21 heavy (non-hydrogen) atoms. The van der Waals surface area contributed by atoms with Crippen LogP contribution in [0.5, 0.6) is 0 Å². The van der Waals surface area contributed by atoms with Crippen LogP contribution in [0, 0.1) is 6.92 Å². The van der Waals surface area contributed by atoms with Crippen LogP contribution in [0.15, 0.2) is 46.2 Å². The lowest BCUT2D eigenvalue weighted by Crippen LogP contribution is -2.07. The average Bonchev–Trinajstić information content (AvgIpc) is 2.43. The van der Waals surface area contributed by atoms with Crippen molar-refractivity contribution in [1.82, 2.24) is 0 Å². The van der Waals surface area contributed by atoms with Crippen LogP contribution in [0.1, 0.15) is 22.8 Å². The summed E-state index contributed by atoms with van der Waals surface area (Å²) in [6, 6.07) is 11.2. The first-order chi connectivity index (χ1) is 10.0. The van der Waals surface area contributed by atoms with Crippen LogP contribution in [0.2, 0.25) is 5.02 Å². The molecule has 0 saturated carbocycles. The number of hydrogen-bond donors (Lipinski definition) is 1. The van der Waals surface area contributed by atoms with Gasteiger partial charge in [0.25, 0.3) is 0 Å². The Balaban J connectivity index is 2.47. The van der Waals surface area contributed by atoms with Crippen LogP contribution < -0.4 is 5.73 Å². The fraction of sp³-hybridized carbons (Fsp3) is 0.188. The molecule has 0 fully saturated rings. The smallest absolute Gasteiger partial charge is 0.339 e. The van der Waals surface area contributed by atoms with E-state index in [4.69, 9.17) is 22.1 Å². The van der Waals surface area contributed by atoms with Gasteiger partial charge in [0.05, 0.1) is 17.2 Å². The second kappa shape index (κ2) is 6.87. The Kier molecular flexibility index (Phi) is 5.15. The van der Waals surface area contributed by atoms with E-state index in [-0.39, 0.29) is 0 Å². The molecule has 0 aromatic heterocycles. The number of benzene rings is 2. The molecule has 110 valence electrons. The molecule has 0 atom stereocenters. The standard InChI is InChI=1S/C16H16ClNO2S/c1-3-20-16(19)12-8-11(18)9-13(17)15(12)21-14-7-5-4-6-10(14)2/h4-9H,3,18H2,1-2H3. The molecule has 0 aliphatic heterocycles. The SMILES string of the molecule is CCOC(=O)c1cc(N)cc(Cl)c1Sc1ccccc1C. The number of aryl methyl sites for hydroxylation is 1. The zero-order valence-electron chi connectivity index (χ0n) is 11.9. The minimum atomic E-state index is -0.414. The van der Waals surface area contributed by atoms with E-state index in [1.165, 1.54) is 11.8 Å². The molecule has 0 spiro atoms. The highest BCUT2D eigenvalue weighted by Gasteiger charge is 2.18. The molecule has 0 saturated heterocycles. The third kappa shape index (κ3) is 3.71. The van der Waals surface area contributed by atoms with Gasteiger partial charge in [0, 0.05) is 15.5 Å². The Morgan fingerprint density at radius 1 is 1.33 bits per heavy atom. The van der Waals surface area contributed by atoms with Gasteiger partial charge in [-0.15, -0.1) is 0 Å². The van der Waals surface area contributed by atoms with Crippen molar-refractivity contribution in [3.63, 3.8) is 0 Å². The van der Waals surface area contributed by atoms with Gasteiger partial charge >= 0.3 is 5.97 Å². The average molecular weight is 322 g/mol. The van der Waals surface area contributed by atoms with Gasteiger partial charge in [-0.3, -0.25) is 0 Å². The topological polar surface area (TPSA) is 52.3 Å². The highest BCUT2D eigenvalue weighted by atomic mass is 35.5. The number of anilines is 1. The number of carbonyl (C=O) groups excluding carboxylic acids is 1. The van der Waals surface area contributed by atoms with Crippen molar-refractivity contribution >= 4 is 35.0 Å². The summed E-state index contributed by atoms with van der Waals surface area (Å²) in [5.74, 6) is -0.414. The molecule has 0 bridgehead atoms. The largest absolute Gasteiger partial charge is 0.462 e. The molecule has 0 unspecified atom stereocenters. The molecule has 5 heteroatoms. The van der Waals surface area contributed by atoms with E-state index in [0.717, 1.165) is 10.5 Å². The van der Waals surface area contributed by atoms with Crippen LogP contribution >= 0.6 is 23.4 Å². The fourth-order valence-electron chi connectivity index (χ4n) is 1.86. The first kappa shape index (κ1) is 15.7. The highest BCUT2D eigenvalue weighted by Crippen LogP contribution is 2.39. The van der Waals surface area contributed by atoms with Gasteiger partial charge in [-0.25, -0.2) is 4.79 Å². The van der Waals surface area contributed by atoms with E-state index in [0.29, 0.717) is 27.8 Å². The Labute approximate surface area is 133 Å². The number of carbonyl (C=O) groups is 1. The van der Waals surface area contributed by atoms with Gasteiger partial charge < -0.3 is 10.5 Å². The van der Waals surface area contributed by atoms with E-state index in [9.17, 15) is 4.79 Å². The Morgan fingerprint density at radius 3 is 2.71 bits per heavy atom. The number of hydrogen-bond acceptors (Lipinski definition) is 4. The zero-order valence-corrected chi connectivity index (χ0v) is 13.4. The van der Waals surface area contributed by atoms with Crippen LogP contribution in [0.25, 0.3) is 0 Å². The molecule has 0 radical (unpaired) electrons. The monoisotopic (exact) mass is 321 g/mol. The van der Waals surface area contributed by atoms with E-state index < -0.39 is 5.97 Å². The highest BCUT2D eigenvalue weighted by molar-refractivity contribution is 7.99. The Hall–Kier alpha value is -1.65. The molecular weight excluding hydrogens is 306 g/mol. The zero-order chi connectivity index (χ0) is 15.4. The van der Waals surface area contributed by atoms with E-state index in [1.807, 2.05) is 31.2 Å². The Morgan fingerprint density at radius 2 is 2.05 bits per heavy atom. The lowest BCUT2D eigenvalue weighted by Gasteiger charge is -2.12. The molecule has 2 N–H and O–H groups in total. The fourth-order valence-corrected chi connectivity index (χ4v) is 3.21. The number of nitrogen functional groups attached to an aromatic ring is 1. The van der Waals surface area contributed by atoms with E-state index in [1.54, 1.807) is 19.1 Å². The molecule has 0 amide bonds. The normalized spacial score (nSPS) is 10.4. The maximum Gasteiger partial charge on any atom is 0.339 e. The molecule has 2 aromatic carbocycles. The molecule has 2 aromatic rings. The minimum Gasteiger partial charge on any atom is -0.462 e. The van der Waals surface area contributed by atoms with Crippen LogP contribution in [0.4, 0.5) is 5.69 Å². The second-order valence-electron chi connectivity index (χ2n) is 4.47. The number of nitrogens with two attached hydrogens (primary N) is 1. The summed E-state index contributed by atoms with van der Waals surface area (Å²) in [6.07, 6.45) is 0. The predicted octanol–water partition coefficient (Wildman–Crippen LogP) is 4.56. The summed E-state index contributed by atoms with van der Waals surface area (Å²) >= 11 is 7.71. The molecule has 0 heterocycles. The summed E-state index contributed by atoms with van der Waals surface area (Å²) < 4.78 is 5.08. The lowest BCUT2D eigenvalue weighted by molar-refractivity contribution is 0.0522. The summed E-state index contributed by atoms with van der Waals surface area (Å²) in [4.78, 5) is 13.8. The van der Waals surface area contributed by atoms with Gasteiger partial charge in [0.15, 0.2) is 0 Å². The molecule has 2 rings (SSSR count). The first-order valence-corrected chi connectivity index (χ1v) is 7.72. The van der Waals surface area contributed by atoms with Crippen LogP contribution in [-0.2, 0) is 4.74 Å². The minimum absolute atomic E-state index is 0.305.